The predicted molar refractivity (Wildman–Crippen MR) is 125 cm³/mol. The fourth-order valence-electron chi connectivity index (χ4n) is 4.25. The molecule has 0 radical (unpaired) electrons. The van der Waals surface area contributed by atoms with Crippen LogP contribution in [0.15, 0.2) is 24.3 Å². The van der Waals surface area contributed by atoms with Gasteiger partial charge in [0.2, 0.25) is 0 Å². The van der Waals surface area contributed by atoms with Gasteiger partial charge in [0.25, 0.3) is 0 Å². The van der Waals surface area contributed by atoms with E-state index >= 15 is 0 Å². The lowest BCUT2D eigenvalue weighted by Crippen LogP contribution is -2.29. The summed E-state index contributed by atoms with van der Waals surface area (Å²) in [4.78, 5) is 23.3. The van der Waals surface area contributed by atoms with Gasteiger partial charge in [-0.15, -0.1) is 0 Å². The molecule has 1 heterocycles. The van der Waals surface area contributed by atoms with E-state index in [2.05, 4.69) is 67.5 Å². The lowest BCUT2D eigenvalue weighted by atomic mass is 9.70. The van der Waals surface area contributed by atoms with E-state index in [0.29, 0.717) is 22.6 Å². The first-order valence-corrected chi connectivity index (χ1v) is 11.0. The Morgan fingerprint density at radius 1 is 0.750 bits per heavy atom. The second-order valence-electron chi connectivity index (χ2n) is 11.4. The van der Waals surface area contributed by atoms with Crippen LogP contribution < -0.4 is 4.74 Å². The number of ether oxygens (including phenoxy) is 1. The molecule has 0 amide bonds. The molecule has 3 rings (SSSR count). The molecule has 2 N–H and O–H groups in total. The summed E-state index contributed by atoms with van der Waals surface area (Å²) in [5, 5.41) is 19.1. The molecule has 0 spiro atoms. The lowest BCUT2D eigenvalue weighted by molar-refractivity contribution is -0.137. The molecule has 0 bridgehead atoms. The molecule has 0 unspecified atom stereocenters. The number of benzene rings is 2. The van der Waals surface area contributed by atoms with Crippen LogP contribution in [0.25, 0.3) is 0 Å². The van der Waals surface area contributed by atoms with Crippen LogP contribution in [0.1, 0.15) is 88.8 Å². The van der Waals surface area contributed by atoms with Crippen molar-refractivity contribution in [1.82, 2.24) is 0 Å². The minimum atomic E-state index is -0.931. The number of fused-ring (bicyclic) bond motifs is 2. The first kappa shape index (κ1) is 23.8. The molecule has 5 heteroatoms. The maximum absolute atomic E-state index is 11.7. The van der Waals surface area contributed by atoms with E-state index in [-0.39, 0.29) is 23.7 Å². The van der Waals surface area contributed by atoms with Crippen molar-refractivity contribution in [3.05, 3.63) is 57.6 Å². The van der Waals surface area contributed by atoms with Crippen LogP contribution in [0.2, 0.25) is 0 Å². The summed E-state index contributed by atoms with van der Waals surface area (Å²) in [5.41, 5.74) is 4.35. The summed E-state index contributed by atoms with van der Waals surface area (Å²) in [6.07, 6.45) is -0.321. The quantitative estimate of drug-likeness (QED) is 0.615. The number of carboxylic acid groups (broad SMARTS) is 2. The molecule has 0 aromatic heterocycles. The Labute approximate surface area is 190 Å². The van der Waals surface area contributed by atoms with Crippen molar-refractivity contribution in [1.29, 1.82) is 0 Å². The molecule has 172 valence electrons. The fraction of sp³-hybridized carbons (Fsp3) is 0.481. The Bertz CT molecular complexity index is 1010. The van der Waals surface area contributed by atoms with Gasteiger partial charge in [-0.1, -0.05) is 79.7 Å². The molecule has 0 atom stereocenters. The highest BCUT2D eigenvalue weighted by molar-refractivity contribution is 5.76. The molecular formula is C27H34O5. The van der Waals surface area contributed by atoms with Crippen molar-refractivity contribution in [2.24, 2.45) is 0 Å². The van der Waals surface area contributed by atoms with Crippen LogP contribution in [0.3, 0.4) is 0 Å². The number of carbonyl (C=O) groups is 2. The molecule has 2 aromatic rings. The smallest absolute Gasteiger partial charge is 0.307 e. The van der Waals surface area contributed by atoms with Gasteiger partial charge in [-0.2, -0.15) is 0 Å². The van der Waals surface area contributed by atoms with Crippen LogP contribution in [0.4, 0.5) is 0 Å². The number of aliphatic carboxylic acids is 2. The van der Waals surface area contributed by atoms with E-state index in [1.165, 1.54) is 0 Å². The Hall–Kier alpha value is -2.82. The SMILES string of the molecule is CC(C)(C)c1cc(CC(=O)O)c2c(c1)C(C)(C)c1cc(C(C)(C)C)cc(CC(=O)O)c1O2. The molecule has 0 saturated heterocycles. The topological polar surface area (TPSA) is 83.8 Å². The van der Waals surface area contributed by atoms with Gasteiger partial charge in [0.15, 0.2) is 0 Å². The van der Waals surface area contributed by atoms with E-state index in [4.69, 9.17) is 4.74 Å². The van der Waals surface area contributed by atoms with Crippen molar-refractivity contribution in [3.63, 3.8) is 0 Å². The zero-order chi connectivity index (χ0) is 24.2. The van der Waals surface area contributed by atoms with Gasteiger partial charge in [-0.05, 0) is 22.0 Å². The molecule has 1 aliphatic rings. The molecule has 0 saturated carbocycles. The minimum absolute atomic E-state index is 0.161. The Kier molecular flexibility index (Phi) is 5.70. The number of carboxylic acids is 2. The first-order valence-electron chi connectivity index (χ1n) is 11.0. The summed E-state index contributed by atoms with van der Waals surface area (Å²) in [6, 6.07) is 8.05. The molecule has 2 aromatic carbocycles. The van der Waals surface area contributed by atoms with Gasteiger partial charge < -0.3 is 14.9 Å². The van der Waals surface area contributed by atoms with Gasteiger partial charge in [0, 0.05) is 27.7 Å². The van der Waals surface area contributed by atoms with Gasteiger partial charge in [-0.25, -0.2) is 0 Å². The summed E-state index contributed by atoms with van der Waals surface area (Å²) in [5.74, 6) is -0.792. The first-order chi connectivity index (χ1) is 14.5. The summed E-state index contributed by atoms with van der Waals surface area (Å²) in [7, 11) is 0. The average Bonchev–Trinajstić information content (AvgIpc) is 2.60. The van der Waals surface area contributed by atoms with Gasteiger partial charge in [-0.3, -0.25) is 9.59 Å². The molecule has 5 nitrogen and oxygen atoms in total. The maximum atomic E-state index is 11.7. The Morgan fingerprint density at radius 3 is 1.38 bits per heavy atom. The van der Waals surface area contributed by atoms with Crippen LogP contribution >= 0.6 is 0 Å². The third-order valence-corrected chi connectivity index (χ3v) is 6.30. The summed E-state index contributed by atoms with van der Waals surface area (Å²) >= 11 is 0. The molecule has 1 aliphatic heterocycles. The highest BCUT2D eigenvalue weighted by atomic mass is 16.5. The van der Waals surface area contributed by atoms with E-state index in [0.717, 1.165) is 22.3 Å². The highest BCUT2D eigenvalue weighted by Gasteiger charge is 2.39. The zero-order valence-corrected chi connectivity index (χ0v) is 20.3. The Morgan fingerprint density at radius 2 is 1.09 bits per heavy atom. The third kappa shape index (κ3) is 4.38. The van der Waals surface area contributed by atoms with Crippen LogP contribution in [0, 0.1) is 0 Å². The molecular weight excluding hydrogens is 404 g/mol. The standard InChI is InChI=1S/C27H34O5/c1-25(2,3)17-9-15(11-21(28)29)23-19(13-17)27(7,8)20-14-18(26(4,5)6)10-16(12-22(30)31)24(20)32-23/h9-10,13-14H,11-12H2,1-8H3,(H,28,29)(H,30,31). The predicted octanol–water partition coefficient (Wildman–Crippen LogP) is 5.97. The van der Waals surface area contributed by atoms with Crippen molar-refractivity contribution < 1.29 is 24.5 Å². The average molecular weight is 439 g/mol. The van der Waals surface area contributed by atoms with Crippen LogP contribution in [0.5, 0.6) is 11.5 Å². The summed E-state index contributed by atoms with van der Waals surface area (Å²) in [6.45, 7) is 16.8. The Balaban J connectivity index is 2.36. The third-order valence-electron chi connectivity index (χ3n) is 6.30. The normalized spacial score (nSPS) is 14.9. The highest BCUT2D eigenvalue weighted by Crippen LogP contribution is 2.52. The summed E-state index contributed by atoms with van der Waals surface area (Å²) < 4.78 is 6.39. The van der Waals surface area contributed by atoms with E-state index in [1.54, 1.807) is 0 Å². The van der Waals surface area contributed by atoms with Crippen LogP contribution in [-0.4, -0.2) is 22.2 Å². The minimum Gasteiger partial charge on any atom is -0.481 e. The van der Waals surface area contributed by atoms with E-state index < -0.39 is 17.4 Å². The number of rotatable bonds is 4. The second-order valence-corrected chi connectivity index (χ2v) is 11.4. The van der Waals surface area contributed by atoms with Crippen molar-refractivity contribution in [2.45, 2.75) is 84.5 Å². The largest absolute Gasteiger partial charge is 0.481 e. The van der Waals surface area contributed by atoms with E-state index in [9.17, 15) is 19.8 Å². The number of hydrogen-bond acceptors (Lipinski definition) is 3. The molecule has 0 fully saturated rings. The maximum Gasteiger partial charge on any atom is 0.307 e. The molecule has 0 aliphatic carbocycles. The van der Waals surface area contributed by atoms with Gasteiger partial charge in [0.1, 0.15) is 11.5 Å². The lowest BCUT2D eigenvalue weighted by Gasteiger charge is -2.39. The monoisotopic (exact) mass is 438 g/mol. The fourth-order valence-corrected chi connectivity index (χ4v) is 4.25. The second kappa shape index (κ2) is 7.65. The van der Waals surface area contributed by atoms with Gasteiger partial charge >= 0.3 is 11.9 Å². The molecule has 32 heavy (non-hydrogen) atoms. The van der Waals surface area contributed by atoms with Crippen molar-refractivity contribution in [3.8, 4) is 11.5 Å². The van der Waals surface area contributed by atoms with Crippen molar-refractivity contribution >= 4 is 11.9 Å². The zero-order valence-electron chi connectivity index (χ0n) is 20.3. The number of hydrogen-bond donors (Lipinski definition) is 2. The van der Waals surface area contributed by atoms with Crippen LogP contribution in [-0.2, 0) is 38.7 Å². The van der Waals surface area contributed by atoms with E-state index in [1.807, 2.05) is 12.1 Å². The van der Waals surface area contributed by atoms with Gasteiger partial charge in [0.05, 0.1) is 12.8 Å². The van der Waals surface area contributed by atoms with Crippen molar-refractivity contribution in [2.75, 3.05) is 0 Å².